The normalized spacial score (nSPS) is 15.3. The molecule has 0 saturated carbocycles. The van der Waals surface area contributed by atoms with E-state index >= 15 is 0 Å². The summed E-state index contributed by atoms with van der Waals surface area (Å²) in [5, 5.41) is 11.0. The van der Waals surface area contributed by atoms with Gasteiger partial charge in [-0.05, 0) is 30.3 Å². The number of benzene rings is 2. The van der Waals surface area contributed by atoms with Crippen molar-refractivity contribution < 1.29 is 22.5 Å². The molecule has 1 heterocycles. The Morgan fingerprint density at radius 1 is 1.07 bits per heavy atom. The van der Waals surface area contributed by atoms with Gasteiger partial charge in [-0.2, -0.15) is 4.31 Å². The van der Waals surface area contributed by atoms with Gasteiger partial charge in [-0.25, -0.2) is 12.8 Å². The second-order valence-electron chi connectivity index (χ2n) is 6.19. The van der Waals surface area contributed by atoms with Crippen LogP contribution in [0.4, 0.5) is 10.1 Å². The molecule has 29 heavy (non-hydrogen) atoms. The van der Waals surface area contributed by atoms with Gasteiger partial charge in [-0.15, -0.1) is 0 Å². The fourth-order valence-corrected chi connectivity index (χ4v) is 4.79. The van der Waals surface area contributed by atoms with E-state index in [2.05, 4.69) is 0 Å². The molecule has 12 heteroatoms. The SMILES string of the molecule is O=C(c1ccc(Cl)cc1[N+](=O)[O-])N1CCN(S(=O)(=O)c2ccc(F)c(Cl)c2)CC1. The molecule has 0 atom stereocenters. The van der Waals surface area contributed by atoms with Gasteiger partial charge < -0.3 is 4.90 Å². The highest BCUT2D eigenvalue weighted by atomic mass is 35.5. The molecule has 0 aromatic heterocycles. The summed E-state index contributed by atoms with van der Waals surface area (Å²) in [5.74, 6) is -1.32. The van der Waals surface area contributed by atoms with E-state index in [1.165, 1.54) is 17.0 Å². The minimum Gasteiger partial charge on any atom is -0.336 e. The minimum absolute atomic E-state index is 0.0234. The second-order valence-corrected chi connectivity index (χ2v) is 8.97. The standard InChI is InChI=1S/C17H14Cl2FN3O5S/c18-11-1-3-13(16(9-11)23(25)26)17(24)21-5-7-22(8-6-21)29(27,28)12-2-4-15(20)14(19)10-12/h1-4,9-10H,5-8H2. The average molecular weight is 462 g/mol. The van der Waals surface area contributed by atoms with E-state index in [4.69, 9.17) is 23.2 Å². The number of amides is 1. The summed E-state index contributed by atoms with van der Waals surface area (Å²) < 4.78 is 39.9. The number of nitro groups is 1. The van der Waals surface area contributed by atoms with Gasteiger partial charge in [0.2, 0.25) is 10.0 Å². The molecule has 0 aliphatic carbocycles. The first-order valence-corrected chi connectivity index (χ1v) is 10.5. The van der Waals surface area contributed by atoms with Gasteiger partial charge >= 0.3 is 0 Å². The van der Waals surface area contributed by atoms with Crippen molar-refractivity contribution in [2.45, 2.75) is 4.90 Å². The quantitative estimate of drug-likeness (QED) is 0.513. The lowest BCUT2D eigenvalue weighted by atomic mass is 10.1. The Bertz CT molecular complexity index is 1090. The van der Waals surface area contributed by atoms with Gasteiger partial charge in [0.15, 0.2) is 0 Å². The van der Waals surface area contributed by atoms with Gasteiger partial charge in [0.1, 0.15) is 11.4 Å². The van der Waals surface area contributed by atoms with E-state index in [9.17, 15) is 27.7 Å². The Labute approximate surface area is 175 Å². The van der Waals surface area contributed by atoms with E-state index in [-0.39, 0.29) is 46.7 Å². The number of halogens is 3. The molecule has 0 bridgehead atoms. The van der Waals surface area contributed by atoms with Gasteiger partial charge in [0.05, 0.1) is 14.8 Å². The van der Waals surface area contributed by atoms with Crippen LogP contribution in [0.2, 0.25) is 10.0 Å². The Kier molecular flexibility index (Phi) is 6.08. The summed E-state index contributed by atoms with van der Waals surface area (Å²) in [6.07, 6.45) is 0. The number of hydrogen-bond donors (Lipinski definition) is 0. The molecule has 3 rings (SSSR count). The summed E-state index contributed by atoms with van der Waals surface area (Å²) in [5.41, 5.74) is -0.542. The molecule has 0 spiro atoms. The summed E-state index contributed by atoms with van der Waals surface area (Å²) in [7, 11) is -3.92. The van der Waals surface area contributed by atoms with Crippen molar-refractivity contribution in [3.05, 3.63) is 67.9 Å². The van der Waals surface area contributed by atoms with Crippen LogP contribution < -0.4 is 0 Å². The fraction of sp³-hybridized carbons (Fsp3) is 0.235. The number of piperazine rings is 1. The second kappa shape index (κ2) is 8.23. The Balaban J connectivity index is 1.76. The summed E-state index contributed by atoms with van der Waals surface area (Å²) in [4.78, 5) is 24.4. The third-order valence-electron chi connectivity index (χ3n) is 4.44. The largest absolute Gasteiger partial charge is 0.336 e. The van der Waals surface area contributed by atoms with E-state index in [0.717, 1.165) is 28.6 Å². The topological polar surface area (TPSA) is 101 Å². The molecule has 0 N–H and O–H groups in total. The molecule has 1 aliphatic heterocycles. The highest BCUT2D eigenvalue weighted by molar-refractivity contribution is 7.89. The number of rotatable bonds is 4. The molecule has 154 valence electrons. The third kappa shape index (κ3) is 4.35. The van der Waals surface area contributed by atoms with Crippen molar-refractivity contribution in [3.8, 4) is 0 Å². The van der Waals surface area contributed by atoms with Crippen molar-refractivity contribution in [3.63, 3.8) is 0 Å². The number of hydrogen-bond acceptors (Lipinski definition) is 5. The Morgan fingerprint density at radius 2 is 1.72 bits per heavy atom. The van der Waals surface area contributed by atoms with Gasteiger partial charge in [0.25, 0.3) is 11.6 Å². The first-order chi connectivity index (χ1) is 13.6. The maximum atomic E-state index is 13.3. The van der Waals surface area contributed by atoms with Crippen molar-refractivity contribution in [2.75, 3.05) is 26.2 Å². The van der Waals surface area contributed by atoms with Crippen LogP contribution >= 0.6 is 23.2 Å². The molecular weight excluding hydrogens is 448 g/mol. The number of sulfonamides is 1. The maximum absolute atomic E-state index is 13.3. The fourth-order valence-electron chi connectivity index (χ4n) is 2.92. The number of nitrogens with zero attached hydrogens (tertiary/aromatic N) is 3. The van der Waals surface area contributed by atoms with Crippen LogP contribution in [0.15, 0.2) is 41.3 Å². The van der Waals surface area contributed by atoms with Gasteiger partial charge in [-0.1, -0.05) is 23.2 Å². The zero-order valence-corrected chi connectivity index (χ0v) is 17.0. The molecule has 1 amide bonds. The predicted octanol–water partition coefficient (Wildman–Crippen LogP) is 3.19. The average Bonchev–Trinajstić information content (AvgIpc) is 2.69. The molecule has 1 saturated heterocycles. The Morgan fingerprint density at radius 3 is 2.31 bits per heavy atom. The van der Waals surface area contributed by atoms with E-state index in [0.29, 0.717) is 0 Å². The molecular formula is C17H14Cl2FN3O5S. The molecule has 1 fully saturated rings. The van der Waals surface area contributed by atoms with Crippen molar-refractivity contribution in [2.24, 2.45) is 0 Å². The number of carbonyl (C=O) groups is 1. The molecule has 8 nitrogen and oxygen atoms in total. The van der Waals surface area contributed by atoms with Crippen LogP contribution in [-0.2, 0) is 10.0 Å². The van der Waals surface area contributed by atoms with Crippen LogP contribution in [0, 0.1) is 15.9 Å². The lowest BCUT2D eigenvalue weighted by molar-refractivity contribution is -0.385. The van der Waals surface area contributed by atoms with Gasteiger partial charge in [0, 0.05) is 37.3 Å². The zero-order valence-electron chi connectivity index (χ0n) is 14.7. The van der Waals surface area contributed by atoms with Crippen LogP contribution in [0.1, 0.15) is 10.4 Å². The molecule has 0 unspecified atom stereocenters. The first-order valence-electron chi connectivity index (χ1n) is 8.29. The zero-order chi connectivity index (χ0) is 21.3. The van der Waals surface area contributed by atoms with E-state index in [1.54, 1.807) is 0 Å². The highest BCUT2D eigenvalue weighted by Gasteiger charge is 2.32. The van der Waals surface area contributed by atoms with Gasteiger partial charge in [-0.3, -0.25) is 14.9 Å². The Hall–Kier alpha value is -2.27. The van der Waals surface area contributed by atoms with Crippen LogP contribution in [0.25, 0.3) is 0 Å². The predicted molar refractivity (Wildman–Crippen MR) is 104 cm³/mol. The first kappa shape index (κ1) is 21.4. The number of nitro benzene ring substituents is 1. The van der Waals surface area contributed by atoms with Crippen molar-refractivity contribution in [1.82, 2.24) is 9.21 Å². The van der Waals surface area contributed by atoms with Crippen molar-refractivity contribution in [1.29, 1.82) is 0 Å². The monoisotopic (exact) mass is 461 g/mol. The summed E-state index contributed by atoms with van der Waals surface area (Å²) in [6, 6.07) is 6.85. The lowest BCUT2D eigenvalue weighted by Crippen LogP contribution is -2.50. The molecule has 0 radical (unpaired) electrons. The minimum atomic E-state index is -3.92. The third-order valence-corrected chi connectivity index (χ3v) is 6.86. The smallest absolute Gasteiger partial charge is 0.283 e. The van der Waals surface area contributed by atoms with Crippen LogP contribution in [-0.4, -0.2) is 54.6 Å². The summed E-state index contributed by atoms with van der Waals surface area (Å²) >= 11 is 11.4. The molecule has 2 aromatic carbocycles. The van der Waals surface area contributed by atoms with Crippen molar-refractivity contribution >= 4 is 44.8 Å². The van der Waals surface area contributed by atoms with Crippen LogP contribution in [0.5, 0.6) is 0 Å². The lowest BCUT2D eigenvalue weighted by Gasteiger charge is -2.34. The summed E-state index contributed by atoms with van der Waals surface area (Å²) in [6.45, 7) is 0.0223. The van der Waals surface area contributed by atoms with E-state index in [1.807, 2.05) is 0 Å². The molecule has 2 aromatic rings. The number of carbonyl (C=O) groups excluding carboxylic acids is 1. The molecule has 1 aliphatic rings. The maximum Gasteiger partial charge on any atom is 0.283 e. The van der Waals surface area contributed by atoms with Crippen LogP contribution in [0.3, 0.4) is 0 Å². The highest BCUT2D eigenvalue weighted by Crippen LogP contribution is 2.26. The van der Waals surface area contributed by atoms with E-state index < -0.39 is 32.4 Å².